The lowest BCUT2D eigenvalue weighted by Gasteiger charge is -2.35. The third-order valence-electron chi connectivity index (χ3n) is 3.08. The van der Waals surface area contributed by atoms with Crippen LogP contribution in [0.15, 0.2) is 0 Å². The zero-order valence-corrected chi connectivity index (χ0v) is 12.1. The molecule has 0 aromatic carbocycles. The lowest BCUT2D eigenvalue weighted by molar-refractivity contribution is -0.148. The van der Waals surface area contributed by atoms with Gasteiger partial charge in [0.1, 0.15) is 6.04 Å². The summed E-state index contributed by atoms with van der Waals surface area (Å²) in [4.78, 5) is 25.5. The van der Waals surface area contributed by atoms with Gasteiger partial charge in [0.05, 0.1) is 26.2 Å². The number of nitrogens with one attached hydrogen (secondary N) is 1. The second kappa shape index (κ2) is 7.45. The summed E-state index contributed by atoms with van der Waals surface area (Å²) in [6.07, 6.45) is 0. The summed E-state index contributed by atoms with van der Waals surface area (Å²) in [5.74, 6) is -0.557. The molecule has 0 radical (unpaired) electrons. The van der Waals surface area contributed by atoms with Gasteiger partial charge in [-0.1, -0.05) is 6.92 Å². The van der Waals surface area contributed by atoms with Crippen molar-refractivity contribution in [3.05, 3.63) is 0 Å². The van der Waals surface area contributed by atoms with Crippen molar-refractivity contribution in [2.24, 2.45) is 5.92 Å². The van der Waals surface area contributed by atoms with Crippen LogP contribution in [0, 0.1) is 5.92 Å². The third kappa shape index (κ3) is 4.80. The van der Waals surface area contributed by atoms with Crippen LogP contribution < -0.4 is 5.32 Å². The van der Waals surface area contributed by atoms with Crippen LogP contribution in [0.4, 0.5) is 0 Å². The van der Waals surface area contributed by atoms with Crippen molar-refractivity contribution in [1.29, 1.82) is 0 Å². The minimum atomic E-state index is -0.330. The first-order valence-electron chi connectivity index (χ1n) is 6.65. The van der Waals surface area contributed by atoms with Gasteiger partial charge in [0.25, 0.3) is 0 Å². The summed E-state index contributed by atoms with van der Waals surface area (Å²) in [6, 6.07) is -0.238. The maximum absolute atomic E-state index is 12.1. The Hall–Kier alpha value is -1.14. The van der Waals surface area contributed by atoms with E-state index in [-0.39, 0.29) is 29.9 Å². The van der Waals surface area contributed by atoms with E-state index in [1.165, 1.54) is 7.11 Å². The highest BCUT2D eigenvalue weighted by molar-refractivity contribution is 5.82. The first-order chi connectivity index (χ1) is 8.95. The van der Waals surface area contributed by atoms with Crippen molar-refractivity contribution in [2.75, 3.05) is 33.4 Å². The highest BCUT2D eigenvalue weighted by Gasteiger charge is 2.31. The van der Waals surface area contributed by atoms with E-state index >= 15 is 0 Å². The third-order valence-corrected chi connectivity index (χ3v) is 3.08. The van der Waals surface area contributed by atoms with Gasteiger partial charge in [0, 0.05) is 19.1 Å². The number of rotatable bonds is 5. The quantitative estimate of drug-likeness (QED) is 0.715. The lowest BCUT2D eigenvalue weighted by atomic mass is 10.1. The predicted octanol–water partition coefficient (Wildman–Crippen LogP) is 0.0209. The molecule has 2 atom stereocenters. The molecule has 1 amide bonds. The molecule has 19 heavy (non-hydrogen) atoms. The molecule has 0 spiro atoms. The van der Waals surface area contributed by atoms with Gasteiger partial charge < -0.3 is 14.8 Å². The second-order valence-corrected chi connectivity index (χ2v) is 5.17. The molecule has 1 rings (SSSR count). The fourth-order valence-corrected chi connectivity index (χ4v) is 2.11. The molecule has 0 aromatic rings. The molecule has 6 nitrogen and oxygen atoms in total. The molecule has 1 saturated heterocycles. The molecular formula is C13H24N2O4. The van der Waals surface area contributed by atoms with Crippen LogP contribution >= 0.6 is 0 Å². The Morgan fingerprint density at radius 2 is 2.11 bits per heavy atom. The summed E-state index contributed by atoms with van der Waals surface area (Å²) in [5.41, 5.74) is 0. The minimum absolute atomic E-state index is 0.0493. The van der Waals surface area contributed by atoms with E-state index in [0.29, 0.717) is 26.3 Å². The summed E-state index contributed by atoms with van der Waals surface area (Å²) in [5, 5.41) is 2.88. The Balaban J connectivity index is 2.62. The van der Waals surface area contributed by atoms with E-state index in [1.807, 2.05) is 18.7 Å². The smallest absolute Gasteiger partial charge is 0.309 e. The molecule has 6 heteroatoms. The van der Waals surface area contributed by atoms with Crippen LogP contribution in [0.3, 0.4) is 0 Å². The van der Waals surface area contributed by atoms with Crippen LogP contribution in [0.25, 0.3) is 0 Å². The van der Waals surface area contributed by atoms with Crippen molar-refractivity contribution in [1.82, 2.24) is 10.2 Å². The van der Waals surface area contributed by atoms with E-state index in [2.05, 4.69) is 5.32 Å². The van der Waals surface area contributed by atoms with Gasteiger partial charge in [-0.15, -0.1) is 0 Å². The minimum Gasteiger partial charge on any atom is -0.469 e. The standard InChI is InChI=1S/C13H24N2O4/c1-9(2)14-12(16)11-8-19-6-5-15(11)7-10(3)13(17)18-4/h9-11H,5-8H2,1-4H3,(H,14,16). The largest absolute Gasteiger partial charge is 0.469 e. The number of carbonyl (C=O) groups excluding carboxylic acids is 2. The Bertz CT molecular complexity index is 320. The SMILES string of the molecule is COC(=O)C(C)CN1CCOCC1C(=O)NC(C)C. The molecule has 0 saturated carbocycles. The van der Waals surface area contributed by atoms with Crippen LogP contribution in [-0.2, 0) is 19.1 Å². The average Bonchev–Trinajstić information content (AvgIpc) is 2.37. The van der Waals surface area contributed by atoms with Crippen LogP contribution in [0.5, 0.6) is 0 Å². The summed E-state index contributed by atoms with van der Waals surface area (Å²) in [6.45, 7) is 7.75. The highest BCUT2D eigenvalue weighted by Crippen LogP contribution is 2.11. The second-order valence-electron chi connectivity index (χ2n) is 5.17. The summed E-state index contributed by atoms with van der Waals surface area (Å²) < 4.78 is 10.1. The van der Waals surface area contributed by atoms with Crippen molar-refractivity contribution >= 4 is 11.9 Å². The van der Waals surface area contributed by atoms with E-state index in [9.17, 15) is 9.59 Å². The molecule has 1 aliphatic heterocycles. The monoisotopic (exact) mass is 272 g/mol. The van der Waals surface area contributed by atoms with E-state index in [4.69, 9.17) is 9.47 Å². The number of hydrogen-bond donors (Lipinski definition) is 1. The lowest BCUT2D eigenvalue weighted by Crippen LogP contribution is -2.56. The molecule has 2 unspecified atom stereocenters. The molecule has 1 heterocycles. The number of carbonyl (C=O) groups is 2. The maximum atomic E-state index is 12.1. The van der Waals surface area contributed by atoms with Crippen molar-refractivity contribution in [2.45, 2.75) is 32.9 Å². The summed E-state index contributed by atoms with van der Waals surface area (Å²) in [7, 11) is 1.38. The van der Waals surface area contributed by atoms with Gasteiger partial charge >= 0.3 is 5.97 Å². The zero-order valence-electron chi connectivity index (χ0n) is 12.1. The molecule has 1 aliphatic rings. The molecular weight excluding hydrogens is 248 g/mol. The first kappa shape index (κ1) is 15.9. The molecule has 0 aromatic heterocycles. The fraction of sp³-hybridized carbons (Fsp3) is 0.846. The van der Waals surface area contributed by atoms with Crippen molar-refractivity contribution in [3.63, 3.8) is 0 Å². The number of nitrogens with zero attached hydrogens (tertiary/aromatic N) is 1. The van der Waals surface area contributed by atoms with Gasteiger partial charge in [-0.3, -0.25) is 14.5 Å². The fourth-order valence-electron chi connectivity index (χ4n) is 2.11. The number of esters is 1. The molecule has 0 bridgehead atoms. The van der Waals surface area contributed by atoms with Gasteiger partial charge in [0.2, 0.25) is 5.91 Å². The number of hydrogen-bond acceptors (Lipinski definition) is 5. The Morgan fingerprint density at radius 1 is 1.42 bits per heavy atom. The molecule has 110 valence electrons. The van der Waals surface area contributed by atoms with Crippen molar-refractivity contribution < 1.29 is 19.1 Å². The molecule has 1 N–H and O–H groups in total. The Morgan fingerprint density at radius 3 is 2.68 bits per heavy atom. The number of amides is 1. The topological polar surface area (TPSA) is 67.9 Å². The number of morpholine rings is 1. The average molecular weight is 272 g/mol. The number of methoxy groups -OCH3 is 1. The van der Waals surface area contributed by atoms with Gasteiger partial charge in [-0.25, -0.2) is 0 Å². The van der Waals surface area contributed by atoms with Crippen LogP contribution in [0.2, 0.25) is 0 Å². The Labute approximate surface area is 114 Å². The van der Waals surface area contributed by atoms with Gasteiger partial charge in [-0.2, -0.15) is 0 Å². The van der Waals surface area contributed by atoms with Gasteiger partial charge in [0.15, 0.2) is 0 Å². The normalized spacial score (nSPS) is 22.1. The first-order valence-corrected chi connectivity index (χ1v) is 6.65. The predicted molar refractivity (Wildman–Crippen MR) is 70.6 cm³/mol. The van der Waals surface area contributed by atoms with E-state index < -0.39 is 0 Å². The van der Waals surface area contributed by atoms with E-state index in [0.717, 1.165) is 0 Å². The van der Waals surface area contributed by atoms with Crippen LogP contribution in [0.1, 0.15) is 20.8 Å². The van der Waals surface area contributed by atoms with E-state index in [1.54, 1.807) is 6.92 Å². The number of ether oxygens (including phenoxy) is 2. The molecule has 1 fully saturated rings. The highest BCUT2D eigenvalue weighted by atomic mass is 16.5. The zero-order chi connectivity index (χ0) is 14.4. The van der Waals surface area contributed by atoms with Crippen LogP contribution in [-0.4, -0.2) is 62.3 Å². The summed E-state index contributed by atoms with van der Waals surface area (Å²) >= 11 is 0. The Kier molecular flexibility index (Phi) is 6.24. The maximum Gasteiger partial charge on any atom is 0.309 e. The van der Waals surface area contributed by atoms with Gasteiger partial charge in [-0.05, 0) is 13.8 Å². The van der Waals surface area contributed by atoms with Crippen molar-refractivity contribution in [3.8, 4) is 0 Å². The molecule has 0 aliphatic carbocycles.